The van der Waals surface area contributed by atoms with Gasteiger partial charge in [0.15, 0.2) is 0 Å². The molecule has 5 amide bonds. The second kappa shape index (κ2) is 19.4. The fourth-order valence-electron chi connectivity index (χ4n) is 7.51. The Balaban J connectivity index is 1.98. The van der Waals surface area contributed by atoms with E-state index < -0.39 is 59.9 Å². The van der Waals surface area contributed by atoms with E-state index in [-0.39, 0.29) is 30.8 Å². The Labute approximate surface area is 287 Å². The van der Waals surface area contributed by atoms with Gasteiger partial charge >= 0.3 is 0 Å². The van der Waals surface area contributed by atoms with Gasteiger partial charge in [-0.05, 0) is 63.8 Å². The number of carbonyl (C=O) groups excluding carboxylic acids is 5. The van der Waals surface area contributed by atoms with E-state index in [0.717, 1.165) is 38.5 Å². The second-order valence-corrected chi connectivity index (χ2v) is 14.8. The number of rotatable bonds is 8. The first-order valence-corrected chi connectivity index (χ1v) is 18.4. The largest absolute Gasteiger partial charge is 0.391 e. The van der Waals surface area contributed by atoms with Gasteiger partial charge in [-0.1, -0.05) is 65.2 Å². The minimum absolute atomic E-state index is 0.0934. The number of aliphatic hydroxyl groups excluding tert-OH is 1. The Bertz CT molecular complexity index is 1080. The molecule has 7 N–H and O–H groups in total. The molecule has 0 aromatic carbocycles. The van der Waals surface area contributed by atoms with E-state index in [4.69, 9.17) is 5.73 Å². The normalized spacial score (nSPS) is 29.8. The summed E-state index contributed by atoms with van der Waals surface area (Å²) in [4.78, 5) is 72.3. The average molecular weight is 678 g/mol. The van der Waals surface area contributed by atoms with Crippen molar-refractivity contribution in [2.75, 3.05) is 33.2 Å². The van der Waals surface area contributed by atoms with Crippen LogP contribution in [-0.4, -0.2) is 114 Å². The van der Waals surface area contributed by atoms with Crippen LogP contribution in [0.15, 0.2) is 0 Å². The van der Waals surface area contributed by atoms with E-state index in [1.807, 2.05) is 20.8 Å². The lowest BCUT2D eigenvalue weighted by Crippen LogP contribution is -2.63. The number of aliphatic hydroxyl groups is 1. The van der Waals surface area contributed by atoms with Crippen molar-refractivity contribution in [3.63, 3.8) is 0 Å². The van der Waals surface area contributed by atoms with Crippen LogP contribution in [-0.2, 0) is 24.0 Å². The van der Waals surface area contributed by atoms with E-state index in [9.17, 15) is 29.1 Å². The van der Waals surface area contributed by atoms with Gasteiger partial charge in [0.2, 0.25) is 29.5 Å². The Hall–Kier alpha value is -2.77. The minimum atomic E-state index is -1.28. The quantitative estimate of drug-likeness (QED) is 0.220. The molecule has 13 heteroatoms. The molecule has 1 heterocycles. The van der Waals surface area contributed by atoms with Crippen LogP contribution in [0.1, 0.15) is 105 Å². The molecular formula is C35H63N7O6. The van der Waals surface area contributed by atoms with Crippen molar-refractivity contribution in [2.24, 2.45) is 23.5 Å². The Kier molecular flexibility index (Phi) is 16.1. The van der Waals surface area contributed by atoms with E-state index in [2.05, 4.69) is 26.2 Å². The zero-order chi connectivity index (χ0) is 35.4. The van der Waals surface area contributed by atoms with Gasteiger partial charge in [0.05, 0.1) is 12.1 Å². The van der Waals surface area contributed by atoms with E-state index in [0.29, 0.717) is 25.4 Å². The van der Waals surface area contributed by atoms with Crippen molar-refractivity contribution in [3.05, 3.63) is 0 Å². The van der Waals surface area contributed by atoms with Crippen LogP contribution in [0.5, 0.6) is 0 Å². The molecule has 0 aromatic heterocycles. The van der Waals surface area contributed by atoms with Crippen LogP contribution in [0.25, 0.3) is 0 Å². The molecule has 6 atom stereocenters. The molecule has 3 fully saturated rings. The first-order chi connectivity index (χ1) is 22.8. The van der Waals surface area contributed by atoms with Crippen molar-refractivity contribution in [3.8, 4) is 0 Å². The van der Waals surface area contributed by atoms with Gasteiger partial charge in [0, 0.05) is 26.7 Å². The van der Waals surface area contributed by atoms with Crippen LogP contribution in [0.3, 0.4) is 0 Å². The lowest BCUT2D eigenvalue weighted by Gasteiger charge is -2.37. The molecule has 0 aromatic rings. The van der Waals surface area contributed by atoms with Gasteiger partial charge in [0.25, 0.3) is 0 Å². The molecule has 48 heavy (non-hydrogen) atoms. The third-order valence-electron chi connectivity index (χ3n) is 10.6. The molecule has 13 nitrogen and oxygen atoms in total. The SMILES string of the molecule is CC(C)C[C@H]1C(=O)N[C@@H](C2CCCCC2)C(=O)N[C@@H](CN)C(=O)N[C@@H]([C@H](C)O)C(=O)NCCN(CCC2CCCCC2)[C@@H](C)C(=O)N1C. The lowest BCUT2D eigenvalue weighted by atomic mass is 9.83. The van der Waals surface area contributed by atoms with Gasteiger partial charge in [0.1, 0.15) is 24.2 Å². The summed E-state index contributed by atoms with van der Waals surface area (Å²) in [5.41, 5.74) is 5.93. The monoisotopic (exact) mass is 677 g/mol. The number of nitrogens with zero attached hydrogens (tertiary/aromatic N) is 2. The number of hydrogen-bond donors (Lipinski definition) is 6. The summed E-state index contributed by atoms with van der Waals surface area (Å²) in [6.45, 7) is 8.19. The standard InChI is InChI=1S/C35H63N7O6/c1-22(2)20-28-32(45)40-30(26-14-10-7-11-15-26)34(47)38-27(21-36)31(44)39-29(24(4)43)33(46)37-17-19-42(23(3)35(48)41(28)5)18-16-25-12-8-6-9-13-25/h22-30,43H,6-21,36H2,1-5H3,(H,37,46)(H,38,47)(H,39,44)(H,40,45)/t23-,24-,27-,28-,29-,30-/m0/s1. The van der Waals surface area contributed by atoms with Crippen molar-refractivity contribution < 1.29 is 29.1 Å². The fraction of sp³-hybridized carbons (Fsp3) is 0.857. The maximum Gasteiger partial charge on any atom is 0.245 e. The Morgan fingerprint density at radius 1 is 0.833 bits per heavy atom. The third kappa shape index (κ3) is 11.4. The molecule has 0 bridgehead atoms. The highest BCUT2D eigenvalue weighted by molar-refractivity contribution is 5.96. The predicted molar refractivity (Wildman–Crippen MR) is 184 cm³/mol. The first-order valence-electron chi connectivity index (χ1n) is 18.4. The number of amides is 5. The van der Waals surface area contributed by atoms with Gasteiger partial charge in [-0.25, -0.2) is 0 Å². The van der Waals surface area contributed by atoms with Crippen LogP contribution >= 0.6 is 0 Å². The summed E-state index contributed by atoms with van der Waals surface area (Å²) in [6, 6.07) is -4.80. The number of nitrogens with two attached hydrogens (primary N) is 1. The smallest absolute Gasteiger partial charge is 0.245 e. The molecule has 0 unspecified atom stereocenters. The van der Waals surface area contributed by atoms with Crippen molar-refractivity contribution in [2.45, 2.75) is 141 Å². The molecule has 3 rings (SSSR count). The van der Waals surface area contributed by atoms with E-state index in [1.54, 1.807) is 7.05 Å². The molecule has 1 saturated heterocycles. The molecule has 3 aliphatic rings. The molecule has 2 saturated carbocycles. The minimum Gasteiger partial charge on any atom is -0.391 e. The summed E-state index contributed by atoms with van der Waals surface area (Å²) < 4.78 is 0. The summed E-state index contributed by atoms with van der Waals surface area (Å²) >= 11 is 0. The van der Waals surface area contributed by atoms with Gasteiger partial charge in [-0.3, -0.25) is 28.9 Å². The number of carbonyl (C=O) groups is 5. The van der Waals surface area contributed by atoms with Crippen LogP contribution < -0.4 is 27.0 Å². The highest BCUT2D eigenvalue weighted by Crippen LogP contribution is 2.28. The first kappa shape index (κ1) is 39.7. The van der Waals surface area contributed by atoms with E-state index in [1.165, 1.54) is 43.9 Å². The third-order valence-corrected chi connectivity index (χ3v) is 10.6. The van der Waals surface area contributed by atoms with Crippen molar-refractivity contribution >= 4 is 29.5 Å². The average Bonchev–Trinajstić information content (AvgIpc) is 3.07. The number of likely N-dealkylation sites (N-methyl/N-ethyl adjacent to an activating group) is 1. The molecule has 0 spiro atoms. The van der Waals surface area contributed by atoms with Gasteiger partial charge < -0.3 is 37.0 Å². The molecule has 0 radical (unpaired) electrons. The topological polar surface area (TPSA) is 186 Å². The molecular weight excluding hydrogens is 614 g/mol. The highest BCUT2D eigenvalue weighted by atomic mass is 16.3. The maximum atomic E-state index is 14.2. The Morgan fingerprint density at radius 2 is 1.46 bits per heavy atom. The van der Waals surface area contributed by atoms with Crippen LogP contribution in [0.2, 0.25) is 0 Å². The van der Waals surface area contributed by atoms with E-state index >= 15 is 0 Å². The summed E-state index contributed by atoms with van der Waals surface area (Å²) in [6.07, 6.45) is 10.5. The van der Waals surface area contributed by atoms with Crippen molar-refractivity contribution in [1.82, 2.24) is 31.1 Å². The summed E-state index contributed by atoms with van der Waals surface area (Å²) in [5.74, 6) is -1.91. The predicted octanol–water partition coefficient (Wildman–Crippen LogP) is 1.02. The van der Waals surface area contributed by atoms with Crippen LogP contribution in [0, 0.1) is 17.8 Å². The summed E-state index contributed by atoms with van der Waals surface area (Å²) in [5, 5.41) is 21.5. The van der Waals surface area contributed by atoms with Gasteiger partial charge in [-0.15, -0.1) is 0 Å². The van der Waals surface area contributed by atoms with Crippen LogP contribution in [0.4, 0.5) is 0 Å². The summed E-state index contributed by atoms with van der Waals surface area (Å²) in [7, 11) is 1.66. The number of hydrogen-bond acceptors (Lipinski definition) is 8. The molecule has 1 aliphatic heterocycles. The molecule has 2 aliphatic carbocycles. The fourth-order valence-corrected chi connectivity index (χ4v) is 7.51. The number of nitrogens with one attached hydrogen (secondary N) is 4. The molecule has 274 valence electrons. The van der Waals surface area contributed by atoms with Gasteiger partial charge in [-0.2, -0.15) is 0 Å². The highest BCUT2D eigenvalue weighted by Gasteiger charge is 2.39. The zero-order valence-corrected chi connectivity index (χ0v) is 30.0. The zero-order valence-electron chi connectivity index (χ0n) is 30.0. The maximum absolute atomic E-state index is 14.2. The lowest BCUT2D eigenvalue weighted by molar-refractivity contribution is -0.144. The second-order valence-electron chi connectivity index (χ2n) is 14.8. The van der Waals surface area contributed by atoms with Crippen molar-refractivity contribution in [1.29, 1.82) is 0 Å². The Morgan fingerprint density at radius 3 is 2.04 bits per heavy atom.